The first-order chi connectivity index (χ1) is 6.34. The Morgan fingerprint density at radius 2 is 2.08 bits per heavy atom. The summed E-state index contributed by atoms with van der Waals surface area (Å²) in [5.74, 6) is 0. The van der Waals surface area contributed by atoms with E-state index in [2.05, 4.69) is 30.4 Å². The third-order valence-corrected chi connectivity index (χ3v) is 2.09. The first-order valence-corrected chi connectivity index (χ1v) is 4.70. The third kappa shape index (κ3) is 3.57. The predicted molar refractivity (Wildman–Crippen MR) is 54.6 cm³/mol. The van der Waals surface area contributed by atoms with Crippen molar-refractivity contribution in [3.63, 3.8) is 0 Å². The minimum Gasteiger partial charge on any atom is -0.396 e. The number of rotatable bonds is 5. The van der Waals surface area contributed by atoms with E-state index >= 15 is 0 Å². The number of hydrogen-bond acceptors (Lipinski definition) is 2. The molecule has 1 rings (SSSR count). The van der Waals surface area contributed by atoms with E-state index < -0.39 is 0 Å². The number of nitrogens with one attached hydrogen (secondary N) is 1. The summed E-state index contributed by atoms with van der Waals surface area (Å²) in [4.78, 5) is 0. The highest BCUT2D eigenvalue weighted by Gasteiger charge is 1.94. The van der Waals surface area contributed by atoms with Crippen molar-refractivity contribution in [1.82, 2.24) is 5.32 Å². The molecule has 72 valence electrons. The molecule has 0 amide bonds. The molecule has 0 aromatic heterocycles. The van der Waals surface area contributed by atoms with Crippen molar-refractivity contribution >= 4 is 0 Å². The Bertz CT molecular complexity index is 248. The number of aryl methyl sites for hydroxylation is 1. The summed E-state index contributed by atoms with van der Waals surface area (Å²) in [6, 6.07) is 8.34. The van der Waals surface area contributed by atoms with Gasteiger partial charge in [-0.15, -0.1) is 0 Å². The molecule has 0 aliphatic heterocycles. The molecule has 1 aromatic carbocycles. The average molecular weight is 179 g/mol. The van der Waals surface area contributed by atoms with Crippen LogP contribution in [0.4, 0.5) is 0 Å². The molecular weight excluding hydrogens is 162 g/mol. The van der Waals surface area contributed by atoms with Crippen molar-refractivity contribution < 1.29 is 5.11 Å². The molecule has 2 nitrogen and oxygen atoms in total. The fraction of sp³-hybridized carbons (Fsp3) is 0.455. The number of aliphatic hydroxyl groups excluding tert-OH is 1. The van der Waals surface area contributed by atoms with E-state index in [9.17, 15) is 0 Å². The van der Waals surface area contributed by atoms with Crippen LogP contribution in [0.2, 0.25) is 0 Å². The molecule has 0 saturated carbocycles. The molecule has 0 fully saturated rings. The first kappa shape index (κ1) is 10.2. The lowest BCUT2D eigenvalue weighted by atomic mass is 10.1. The highest BCUT2D eigenvalue weighted by Crippen LogP contribution is 2.05. The van der Waals surface area contributed by atoms with Crippen LogP contribution < -0.4 is 5.32 Å². The van der Waals surface area contributed by atoms with Gasteiger partial charge in [0.15, 0.2) is 0 Å². The van der Waals surface area contributed by atoms with Crippen LogP contribution in [0.5, 0.6) is 0 Å². The molecule has 0 radical (unpaired) electrons. The highest BCUT2D eigenvalue weighted by molar-refractivity contribution is 5.25. The fourth-order valence-electron chi connectivity index (χ4n) is 1.24. The van der Waals surface area contributed by atoms with E-state index in [4.69, 9.17) is 5.11 Å². The van der Waals surface area contributed by atoms with Crippen LogP contribution in [0.1, 0.15) is 17.5 Å². The summed E-state index contributed by atoms with van der Waals surface area (Å²) >= 11 is 0. The maximum atomic E-state index is 8.58. The Labute approximate surface area is 79.6 Å². The van der Waals surface area contributed by atoms with Crippen LogP contribution >= 0.6 is 0 Å². The van der Waals surface area contributed by atoms with E-state index in [0.717, 1.165) is 19.5 Å². The Balaban J connectivity index is 2.32. The van der Waals surface area contributed by atoms with Gasteiger partial charge < -0.3 is 10.4 Å². The standard InChI is InChI=1S/C11H17NO/c1-10-5-2-3-6-11(10)9-12-7-4-8-13/h2-3,5-6,12-13H,4,7-9H2,1H3. The summed E-state index contributed by atoms with van der Waals surface area (Å²) < 4.78 is 0. The zero-order valence-corrected chi connectivity index (χ0v) is 8.09. The van der Waals surface area contributed by atoms with Crippen molar-refractivity contribution in [3.8, 4) is 0 Å². The average Bonchev–Trinajstić information content (AvgIpc) is 2.15. The lowest BCUT2D eigenvalue weighted by Gasteiger charge is -2.06. The van der Waals surface area contributed by atoms with Gasteiger partial charge in [-0.25, -0.2) is 0 Å². The van der Waals surface area contributed by atoms with Gasteiger partial charge in [0, 0.05) is 13.2 Å². The number of benzene rings is 1. The van der Waals surface area contributed by atoms with Gasteiger partial charge in [-0.3, -0.25) is 0 Å². The summed E-state index contributed by atoms with van der Waals surface area (Å²) in [5, 5.41) is 11.9. The molecule has 0 heterocycles. The van der Waals surface area contributed by atoms with E-state index in [-0.39, 0.29) is 6.61 Å². The Morgan fingerprint density at radius 3 is 2.77 bits per heavy atom. The van der Waals surface area contributed by atoms with Crippen molar-refractivity contribution in [2.45, 2.75) is 19.9 Å². The van der Waals surface area contributed by atoms with Gasteiger partial charge in [-0.2, -0.15) is 0 Å². The van der Waals surface area contributed by atoms with E-state index in [1.54, 1.807) is 0 Å². The van der Waals surface area contributed by atoms with Crippen LogP contribution in [-0.2, 0) is 6.54 Å². The lowest BCUT2D eigenvalue weighted by Crippen LogP contribution is -2.16. The second-order valence-electron chi connectivity index (χ2n) is 3.18. The zero-order valence-electron chi connectivity index (χ0n) is 8.09. The van der Waals surface area contributed by atoms with Crippen LogP contribution in [0.3, 0.4) is 0 Å². The molecule has 0 atom stereocenters. The van der Waals surface area contributed by atoms with Crippen LogP contribution in [0.25, 0.3) is 0 Å². The summed E-state index contributed by atoms with van der Waals surface area (Å²) in [6.45, 7) is 4.15. The topological polar surface area (TPSA) is 32.3 Å². The van der Waals surface area contributed by atoms with Crippen LogP contribution in [0, 0.1) is 6.92 Å². The Hall–Kier alpha value is -0.860. The maximum absolute atomic E-state index is 8.58. The van der Waals surface area contributed by atoms with E-state index in [0.29, 0.717) is 0 Å². The summed E-state index contributed by atoms with van der Waals surface area (Å²) in [7, 11) is 0. The normalized spacial score (nSPS) is 10.3. The molecule has 0 bridgehead atoms. The van der Waals surface area contributed by atoms with Gasteiger partial charge in [-0.05, 0) is 31.0 Å². The summed E-state index contributed by atoms with van der Waals surface area (Å²) in [6.07, 6.45) is 0.825. The van der Waals surface area contributed by atoms with Gasteiger partial charge in [0.05, 0.1) is 0 Å². The van der Waals surface area contributed by atoms with Gasteiger partial charge >= 0.3 is 0 Å². The second-order valence-corrected chi connectivity index (χ2v) is 3.18. The molecule has 2 heteroatoms. The Morgan fingerprint density at radius 1 is 1.31 bits per heavy atom. The molecule has 0 unspecified atom stereocenters. The lowest BCUT2D eigenvalue weighted by molar-refractivity contribution is 0.286. The van der Waals surface area contributed by atoms with Crippen molar-refractivity contribution in [3.05, 3.63) is 35.4 Å². The third-order valence-electron chi connectivity index (χ3n) is 2.09. The molecule has 0 spiro atoms. The SMILES string of the molecule is Cc1ccccc1CNCCCO. The van der Waals surface area contributed by atoms with Crippen molar-refractivity contribution in [1.29, 1.82) is 0 Å². The van der Waals surface area contributed by atoms with Gasteiger partial charge in [0.1, 0.15) is 0 Å². The molecule has 13 heavy (non-hydrogen) atoms. The van der Waals surface area contributed by atoms with Crippen LogP contribution in [-0.4, -0.2) is 18.3 Å². The van der Waals surface area contributed by atoms with E-state index in [1.807, 2.05) is 6.07 Å². The van der Waals surface area contributed by atoms with Gasteiger partial charge in [0.25, 0.3) is 0 Å². The molecule has 0 aliphatic rings. The highest BCUT2D eigenvalue weighted by atomic mass is 16.3. The predicted octanol–water partition coefficient (Wildman–Crippen LogP) is 1.47. The van der Waals surface area contributed by atoms with E-state index in [1.165, 1.54) is 11.1 Å². The maximum Gasteiger partial charge on any atom is 0.0443 e. The number of hydrogen-bond donors (Lipinski definition) is 2. The van der Waals surface area contributed by atoms with Gasteiger partial charge in [0.2, 0.25) is 0 Å². The molecule has 0 saturated heterocycles. The van der Waals surface area contributed by atoms with Crippen LogP contribution in [0.15, 0.2) is 24.3 Å². The summed E-state index contributed by atoms with van der Waals surface area (Å²) in [5.41, 5.74) is 2.65. The molecule has 2 N–H and O–H groups in total. The Kier molecular flexibility index (Phi) is 4.50. The minimum absolute atomic E-state index is 0.265. The monoisotopic (exact) mass is 179 g/mol. The van der Waals surface area contributed by atoms with Gasteiger partial charge in [-0.1, -0.05) is 24.3 Å². The second kappa shape index (κ2) is 5.73. The molecular formula is C11H17NO. The molecule has 0 aliphatic carbocycles. The smallest absolute Gasteiger partial charge is 0.0443 e. The number of aliphatic hydroxyl groups is 1. The fourth-order valence-corrected chi connectivity index (χ4v) is 1.24. The van der Waals surface area contributed by atoms with Crippen molar-refractivity contribution in [2.75, 3.05) is 13.2 Å². The largest absolute Gasteiger partial charge is 0.396 e. The zero-order chi connectivity index (χ0) is 9.52. The quantitative estimate of drug-likeness (QED) is 0.671. The minimum atomic E-state index is 0.265. The molecule has 1 aromatic rings. The van der Waals surface area contributed by atoms with Crippen molar-refractivity contribution in [2.24, 2.45) is 0 Å². The first-order valence-electron chi connectivity index (χ1n) is 4.70.